The molecule has 3 aromatic heterocycles. The first-order chi connectivity index (χ1) is 9.30. The zero-order chi connectivity index (χ0) is 13.2. The molecule has 0 aliphatic carbocycles. The number of anilines is 1. The molecule has 0 unspecified atom stereocenters. The van der Waals surface area contributed by atoms with Crippen molar-refractivity contribution in [3.05, 3.63) is 24.4 Å². The molecular weight excluding hydrogens is 280 g/mol. The number of nitrogens with zero attached hydrogens (tertiary/aromatic N) is 5. The third kappa shape index (κ3) is 2.41. The molecule has 98 valence electrons. The van der Waals surface area contributed by atoms with E-state index in [1.165, 1.54) is 23.3 Å². The van der Waals surface area contributed by atoms with Gasteiger partial charge in [-0.1, -0.05) is 6.92 Å². The minimum atomic E-state index is 0.799. The van der Waals surface area contributed by atoms with Gasteiger partial charge in [0.05, 0.1) is 6.20 Å². The summed E-state index contributed by atoms with van der Waals surface area (Å²) in [5.74, 6) is 1.67. The van der Waals surface area contributed by atoms with Gasteiger partial charge in [0.1, 0.15) is 16.7 Å². The number of aromatic nitrogens is 5. The molecule has 3 rings (SSSR count). The lowest BCUT2D eigenvalue weighted by molar-refractivity contribution is 0.969. The lowest BCUT2D eigenvalue weighted by atomic mass is 10.5. The smallest absolute Gasteiger partial charge is 0.176 e. The van der Waals surface area contributed by atoms with Gasteiger partial charge >= 0.3 is 0 Å². The highest BCUT2D eigenvalue weighted by Gasteiger charge is 2.12. The van der Waals surface area contributed by atoms with Gasteiger partial charge in [-0.2, -0.15) is 4.37 Å². The molecule has 19 heavy (non-hydrogen) atoms. The molecule has 0 amide bonds. The quantitative estimate of drug-likeness (QED) is 0.796. The maximum absolute atomic E-state index is 4.53. The number of hydrogen-bond donors (Lipinski definition) is 1. The molecule has 0 bridgehead atoms. The van der Waals surface area contributed by atoms with Crippen LogP contribution in [0.5, 0.6) is 0 Å². The maximum Gasteiger partial charge on any atom is 0.176 e. The fraction of sp³-hybridized carbons (Fsp3) is 0.273. The second kappa shape index (κ2) is 5.14. The summed E-state index contributed by atoms with van der Waals surface area (Å²) in [5.41, 5.74) is 0.831. The van der Waals surface area contributed by atoms with E-state index in [1.54, 1.807) is 6.20 Å². The van der Waals surface area contributed by atoms with Crippen molar-refractivity contribution in [1.29, 1.82) is 0 Å². The number of imidazole rings is 1. The summed E-state index contributed by atoms with van der Waals surface area (Å²) >= 11 is 2.90. The largest absolute Gasteiger partial charge is 0.372 e. The molecule has 8 heteroatoms. The van der Waals surface area contributed by atoms with Crippen molar-refractivity contribution in [3.63, 3.8) is 0 Å². The molecule has 0 saturated carbocycles. The van der Waals surface area contributed by atoms with E-state index in [0.717, 1.165) is 33.1 Å². The van der Waals surface area contributed by atoms with E-state index in [4.69, 9.17) is 0 Å². The molecule has 0 spiro atoms. The van der Waals surface area contributed by atoms with Gasteiger partial charge in [0.25, 0.3) is 0 Å². The van der Waals surface area contributed by atoms with Gasteiger partial charge in [-0.25, -0.2) is 15.0 Å². The van der Waals surface area contributed by atoms with Crippen LogP contribution in [0.15, 0.2) is 28.0 Å². The highest BCUT2D eigenvalue weighted by Crippen LogP contribution is 2.30. The Morgan fingerprint density at radius 2 is 2.32 bits per heavy atom. The highest BCUT2D eigenvalue weighted by molar-refractivity contribution is 8.01. The van der Waals surface area contributed by atoms with Gasteiger partial charge in [-0.05, 0) is 23.3 Å². The normalized spacial score (nSPS) is 11.1. The number of fused-ring (bicyclic) bond motifs is 1. The number of nitrogens with one attached hydrogen (secondary N) is 1. The molecule has 3 aromatic rings. The van der Waals surface area contributed by atoms with Crippen molar-refractivity contribution in [3.8, 4) is 0 Å². The Balaban J connectivity index is 2.01. The summed E-state index contributed by atoms with van der Waals surface area (Å²) in [4.78, 5) is 13.3. The van der Waals surface area contributed by atoms with Crippen LogP contribution in [-0.2, 0) is 6.42 Å². The first-order valence-corrected chi connectivity index (χ1v) is 7.41. The first kappa shape index (κ1) is 12.4. The first-order valence-electron chi connectivity index (χ1n) is 5.82. The van der Waals surface area contributed by atoms with E-state index < -0.39 is 0 Å². The zero-order valence-corrected chi connectivity index (χ0v) is 12.1. The van der Waals surface area contributed by atoms with E-state index in [-0.39, 0.29) is 0 Å². The van der Waals surface area contributed by atoms with Crippen LogP contribution < -0.4 is 5.32 Å². The summed E-state index contributed by atoms with van der Waals surface area (Å²) < 4.78 is 7.12. The molecule has 0 saturated heterocycles. The Labute approximate surface area is 118 Å². The van der Waals surface area contributed by atoms with Gasteiger partial charge in [-0.3, -0.25) is 0 Å². The summed E-state index contributed by atoms with van der Waals surface area (Å²) in [6.45, 7) is 2.04. The second-order valence-corrected chi connectivity index (χ2v) is 5.76. The molecule has 0 atom stereocenters. The van der Waals surface area contributed by atoms with Gasteiger partial charge < -0.3 is 9.72 Å². The average molecular weight is 292 g/mol. The van der Waals surface area contributed by atoms with E-state index in [2.05, 4.69) is 24.6 Å². The van der Waals surface area contributed by atoms with Crippen LogP contribution in [0.2, 0.25) is 0 Å². The predicted molar refractivity (Wildman–Crippen MR) is 75.9 cm³/mol. The SMILES string of the molecule is CCc1nsc(Sc2nc(NC)cn3ccnc23)n1. The molecule has 0 fully saturated rings. The van der Waals surface area contributed by atoms with Crippen LogP contribution in [-0.4, -0.2) is 30.8 Å². The standard InChI is InChI=1S/C11H12N6S2/c1-3-7-15-11(19-16-7)18-10-9-13-4-5-17(9)6-8(12-2)14-10/h4-6,12H,3H2,1-2H3. The van der Waals surface area contributed by atoms with E-state index >= 15 is 0 Å². The van der Waals surface area contributed by atoms with Crippen LogP contribution in [0.3, 0.4) is 0 Å². The van der Waals surface area contributed by atoms with Crippen molar-refractivity contribution in [1.82, 2.24) is 23.7 Å². The van der Waals surface area contributed by atoms with Crippen molar-refractivity contribution < 1.29 is 0 Å². The van der Waals surface area contributed by atoms with Crippen molar-refractivity contribution in [2.75, 3.05) is 12.4 Å². The fourth-order valence-electron chi connectivity index (χ4n) is 1.60. The Morgan fingerprint density at radius 3 is 3.05 bits per heavy atom. The van der Waals surface area contributed by atoms with Crippen LogP contribution in [0.4, 0.5) is 5.82 Å². The fourth-order valence-corrected chi connectivity index (χ4v) is 3.30. The third-order valence-electron chi connectivity index (χ3n) is 2.55. The molecule has 6 nitrogen and oxygen atoms in total. The minimum Gasteiger partial charge on any atom is -0.372 e. The molecule has 0 aliphatic heterocycles. The molecule has 0 aromatic carbocycles. The van der Waals surface area contributed by atoms with Crippen LogP contribution in [0, 0.1) is 0 Å². The number of hydrogen-bond acceptors (Lipinski definition) is 7. The maximum atomic E-state index is 4.53. The number of rotatable bonds is 4. The van der Waals surface area contributed by atoms with E-state index in [0.29, 0.717) is 0 Å². The van der Waals surface area contributed by atoms with Crippen molar-refractivity contribution >= 4 is 34.8 Å². The lowest BCUT2D eigenvalue weighted by Crippen LogP contribution is -1.98. The monoisotopic (exact) mass is 292 g/mol. The lowest BCUT2D eigenvalue weighted by Gasteiger charge is -2.04. The predicted octanol–water partition coefficient (Wildman–Crippen LogP) is 2.34. The van der Waals surface area contributed by atoms with Crippen molar-refractivity contribution in [2.24, 2.45) is 0 Å². The van der Waals surface area contributed by atoms with Crippen LogP contribution in [0.25, 0.3) is 5.65 Å². The average Bonchev–Trinajstić information content (AvgIpc) is 3.06. The van der Waals surface area contributed by atoms with E-state index in [9.17, 15) is 0 Å². The topological polar surface area (TPSA) is 68.0 Å². The highest BCUT2D eigenvalue weighted by atomic mass is 32.2. The van der Waals surface area contributed by atoms with Crippen molar-refractivity contribution in [2.45, 2.75) is 22.7 Å². The molecule has 0 radical (unpaired) electrons. The minimum absolute atomic E-state index is 0.799. The zero-order valence-electron chi connectivity index (χ0n) is 10.5. The molecular formula is C11H12N6S2. The van der Waals surface area contributed by atoms with E-state index in [1.807, 2.05) is 30.8 Å². The van der Waals surface area contributed by atoms with Crippen LogP contribution >= 0.6 is 23.3 Å². The van der Waals surface area contributed by atoms with Crippen LogP contribution in [0.1, 0.15) is 12.7 Å². The van der Waals surface area contributed by atoms with Gasteiger partial charge in [0, 0.05) is 25.9 Å². The molecule has 3 heterocycles. The van der Waals surface area contributed by atoms with Gasteiger partial charge in [0.2, 0.25) is 0 Å². The Kier molecular flexibility index (Phi) is 3.34. The summed E-state index contributed by atoms with van der Waals surface area (Å²) in [5, 5.41) is 3.88. The summed E-state index contributed by atoms with van der Waals surface area (Å²) in [7, 11) is 1.85. The summed E-state index contributed by atoms with van der Waals surface area (Å²) in [6, 6.07) is 0. The number of aryl methyl sites for hydroxylation is 1. The Morgan fingerprint density at radius 1 is 1.42 bits per heavy atom. The Bertz CT molecular complexity index is 704. The third-order valence-corrected chi connectivity index (χ3v) is 4.31. The summed E-state index contributed by atoms with van der Waals surface area (Å²) in [6.07, 6.45) is 6.42. The van der Waals surface area contributed by atoms with Gasteiger partial charge in [0.15, 0.2) is 9.99 Å². The second-order valence-electron chi connectivity index (χ2n) is 3.77. The Hall–Kier alpha value is -1.67. The molecule has 1 N–H and O–H groups in total. The molecule has 0 aliphatic rings. The van der Waals surface area contributed by atoms with Gasteiger partial charge in [-0.15, -0.1) is 0 Å².